The number of rotatable bonds is 9. The molecule has 0 spiro atoms. The largest absolute Gasteiger partial charge is 0.465 e. The molecule has 0 radical (unpaired) electrons. The number of carbonyl (C=O) groups is 4. The van der Waals surface area contributed by atoms with Gasteiger partial charge in [-0.1, -0.05) is 58.4 Å². The molecule has 1 aliphatic carbocycles. The normalized spacial score (nSPS) is 14.4. The lowest BCUT2D eigenvalue weighted by atomic mass is 9.83. The molecule has 9 heteroatoms. The monoisotopic (exact) mass is 583 g/mol. The lowest BCUT2D eigenvalue weighted by Gasteiger charge is -2.22. The number of amides is 1. The number of Topliss-reactive ketones (excluding diaryl/α,β-unsaturated/α-hetero) is 1. The first-order chi connectivity index (χ1) is 17.9. The van der Waals surface area contributed by atoms with Gasteiger partial charge in [0.2, 0.25) is 5.91 Å². The Hall–Kier alpha value is -3.30. The molecule has 192 valence electrons. The second-order valence-corrected chi connectivity index (χ2v) is 10.7. The topological polar surface area (TPSA) is 98.8 Å². The zero-order valence-electron chi connectivity index (χ0n) is 20.3. The second-order valence-electron chi connectivity index (χ2n) is 8.69. The number of halogens is 1. The number of fused-ring (bicyclic) bond motifs is 1. The highest BCUT2D eigenvalue weighted by atomic mass is 79.9. The van der Waals surface area contributed by atoms with Crippen molar-refractivity contribution in [2.75, 3.05) is 19.0 Å². The Kier molecular flexibility index (Phi) is 8.89. The standard InChI is InChI=1S/C28H26BrNO6S/c1-35-28(34)26-21-12-9-19(17-5-3-2-4-6-17)15-23(21)37-27(26)30-24(32)13-14-25(33)36-16-22(31)18-7-10-20(29)11-8-18/h2-8,10-11,19H,9,12-16H2,1H3,(H,30,32)/t19-/m0/s1. The maximum atomic E-state index is 12.6. The number of nitrogens with one attached hydrogen (secondary N) is 1. The molecule has 7 nitrogen and oxygen atoms in total. The minimum Gasteiger partial charge on any atom is -0.465 e. The average molecular weight is 584 g/mol. The van der Waals surface area contributed by atoms with E-state index in [9.17, 15) is 19.2 Å². The van der Waals surface area contributed by atoms with E-state index in [2.05, 4.69) is 33.4 Å². The van der Waals surface area contributed by atoms with E-state index in [-0.39, 0.29) is 18.6 Å². The van der Waals surface area contributed by atoms with Crippen LogP contribution < -0.4 is 5.32 Å². The molecule has 4 rings (SSSR count). The van der Waals surface area contributed by atoms with Crippen LogP contribution in [0.4, 0.5) is 5.00 Å². The van der Waals surface area contributed by atoms with Gasteiger partial charge in [0.1, 0.15) is 5.00 Å². The molecule has 1 N–H and O–H groups in total. The number of esters is 2. The third kappa shape index (κ3) is 6.72. The first-order valence-electron chi connectivity index (χ1n) is 11.9. The van der Waals surface area contributed by atoms with Crippen molar-refractivity contribution in [3.8, 4) is 0 Å². The van der Waals surface area contributed by atoms with E-state index in [1.54, 1.807) is 24.3 Å². The van der Waals surface area contributed by atoms with Crippen LogP contribution in [0.5, 0.6) is 0 Å². The number of methoxy groups -OCH3 is 1. The molecular weight excluding hydrogens is 558 g/mol. The van der Waals surface area contributed by atoms with Gasteiger partial charge in [-0.3, -0.25) is 14.4 Å². The Bertz CT molecular complexity index is 1300. The van der Waals surface area contributed by atoms with Crippen LogP contribution in [0.1, 0.15) is 61.9 Å². The predicted molar refractivity (Wildman–Crippen MR) is 144 cm³/mol. The van der Waals surface area contributed by atoms with Crippen LogP contribution in [0.2, 0.25) is 0 Å². The fraction of sp³-hybridized carbons (Fsp3) is 0.286. The van der Waals surface area contributed by atoms with Crippen LogP contribution in [-0.2, 0) is 31.9 Å². The van der Waals surface area contributed by atoms with Gasteiger partial charge >= 0.3 is 11.9 Å². The zero-order chi connectivity index (χ0) is 26.4. The molecule has 0 bridgehead atoms. The van der Waals surface area contributed by atoms with Crippen molar-refractivity contribution in [3.05, 3.63) is 86.2 Å². The number of thiophene rings is 1. The van der Waals surface area contributed by atoms with E-state index in [1.807, 2.05) is 18.2 Å². The van der Waals surface area contributed by atoms with Crippen LogP contribution in [0, 0.1) is 0 Å². The molecule has 3 aromatic rings. The summed E-state index contributed by atoms with van der Waals surface area (Å²) in [5.41, 5.74) is 3.00. The highest BCUT2D eigenvalue weighted by Gasteiger charge is 2.30. The molecule has 37 heavy (non-hydrogen) atoms. The third-order valence-corrected chi connectivity index (χ3v) is 7.96. The summed E-state index contributed by atoms with van der Waals surface area (Å²) in [6.07, 6.45) is 2.07. The van der Waals surface area contributed by atoms with Gasteiger partial charge in [-0.15, -0.1) is 11.3 Å². The number of hydrogen-bond donors (Lipinski definition) is 1. The molecular formula is C28H26BrNO6S. The smallest absolute Gasteiger partial charge is 0.341 e. The van der Waals surface area contributed by atoms with Crippen molar-refractivity contribution in [1.29, 1.82) is 0 Å². The first-order valence-corrected chi connectivity index (χ1v) is 13.5. The Labute approximate surface area is 227 Å². The maximum Gasteiger partial charge on any atom is 0.341 e. The zero-order valence-corrected chi connectivity index (χ0v) is 22.7. The third-order valence-electron chi connectivity index (χ3n) is 6.27. The Morgan fingerprint density at radius 2 is 1.76 bits per heavy atom. The number of ether oxygens (including phenoxy) is 2. The summed E-state index contributed by atoms with van der Waals surface area (Å²) in [6, 6.07) is 17.0. The first kappa shape index (κ1) is 26.8. The number of carbonyl (C=O) groups excluding carboxylic acids is 4. The lowest BCUT2D eigenvalue weighted by molar-refractivity contribution is -0.143. The van der Waals surface area contributed by atoms with E-state index in [0.717, 1.165) is 27.8 Å². The molecule has 1 heterocycles. The average Bonchev–Trinajstić information content (AvgIpc) is 3.27. The van der Waals surface area contributed by atoms with Gasteiger partial charge in [0.05, 0.1) is 19.1 Å². The van der Waals surface area contributed by atoms with Crippen LogP contribution in [0.25, 0.3) is 0 Å². The highest BCUT2D eigenvalue weighted by molar-refractivity contribution is 9.10. The molecule has 2 aromatic carbocycles. The second kappa shape index (κ2) is 12.3. The lowest BCUT2D eigenvalue weighted by Crippen LogP contribution is -2.18. The highest BCUT2D eigenvalue weighted by Crippen LogP contribution is 2.42. The summed E-state index contributed by atoms with van der Waals surface area (Å²) in [5, 5.41) is 3.23. The number of ketones is 1. The van der Waals surface area contributed by atoms with Crippen LogP contribution in [-0.4, -0.2) is 37.3 Å². The Morgan fingerprint density at radius 1 is 1.03 bits per heavy atom. The number of anilines is 1. The number of hydrogen-bond acceptors (Lipinski definition) is 7. The van der Waals surface area contributed by atoms with Crippen LogP contribution >= 0.6 is 27.3 Å². The molecule has 0 saturated heterocycles. The summed E-state index contributed by atoms with van der Waals surface area (Å²) < 4.78 is 10.9. The summed E-state index contributed by atoms with van der Waals surface area (Å²) >= 11 is 4.68. The summed E-state index contributed by atoms with van der Waals surface area (Å²) in [4.78, 5) is 50.5. The van der Waals surface area contributed by atoms with E-state index in [4.69, 9.17) is 9.47 Å². The van der Waals surface area contributed by atoms with Gasteiger partial charge < -0.3 is 14.8 Å². The van der Waals surface area contributed by atoms with Crippen LogP contribution in [0.3, 0.4) is 0 Å². The summed E-state index contributed by atoms with van der Waals surface area (Å²) in [6.45, 7) is -0.394. The van der Waals surface area contributed by atoms with Gasteiger partial charge in [-0.25, -0.2) is 4.79 Å². The van der Waals surface area contributed by atoms with E-state index >= 15 is 0 Å². The molecule has 1 aliphatic rings. The van der Waals surface area contributed by atoms with Crippen molar-refractivity contribution >= 4 is 55.9 Å². The SMILES string of the molecule is COC(=O)c1c(NC(=O)CCC(=O)OCC(=O)c2ccc(Br)cc2)sc2c1CC[C@H](c1ccccc1)C2. The molecule has 1 amide bonds. The van der Waals surface area contributed by atoms with E-state index < -0.39 is 24.5 Å². The van der Waals surface area contributed by atoms with Gasteiger partial charge in [0.15, 0.2) is 12.4 Å². The maximum absolute atomic E-state index is 12.6. The van der Waals surface area contributed by atoms with Crippen molar-refractivity contribution in [2.24, 2.45) is 0 Å². The van der Waals surface area contributed by atoms with Gasteiger partial charge in [-0.05, 0) is 48.4 Å². The van der Waals surface area contributed by atoms with Crippen molar-refractivity contribution in [1.82, 2.24) is 0 Å². The molecule has 1 atom stereocenters. The van der Waals surface area contributed by atoms with Crippen molar-refractivity contribution < 1.29 is 28.7 Å². The number of benzene rings is 2. The summed E-state index contributed by atoms with van der Waals surface area (Å²) in [5.74, 6) is -1.54. The van der Waals surface area contributed by atoms with Gasteiger partial charge in [0, 0.05) is 21.3 Å². The quantitative estimate of drug-likeness (QED) is 0.256. The van der Waals surface area contributed by atoms with Crippen molar-refractivity contribution in [2.45, 2.75) is 38.0 Å². The molecule has 0 unspecified atom stereocenters. The Morgan fingerprint density at radius 3 is 2.46 bits per heavy atom. The van der Waals surface area contributed by atoms with E-state index in [0.29, 0.717) is 28.5 Å². The minimum absolute atomic E-state index is 0.138. The summed E-state index contributed by atoms with van der Waals surface area (Å²) in [7, 11) is 1.32. The van der Waals surface area contributed by atoms with Gasteiger partial charge in [0.25, 0.3) is 0 Å². The molecule has 0 saturated carbocycles. The molecule has 0 aliphatic heterocycles. The molecule has 1 aromatic heterocycles. The van der Waals surface area contributed by atoms with Crippen LogP contribution in [0.15, 0.2) is 59.1 Å². The van der Waals surface area contributed by atoms with Crippen molar-refractivity contribution in [3.63, 3.8) is 0 Å². The fourth-order valence-electron chi connectivity index (χ4n) is 4.34. The fourth-order valence-corrected chi connectivity index (χ4v) is 5.94. The predicted octanol–water partition coefficient (Wildman–Crippen LogP) is 5.71. The minimum atomic E-state index is -0.648. The Balaban J connectivity index is 1.35. The van der Waals surface area contributed by atoms with E-state index in [1.165, 1.54) is 24.0 Å². The molecule has 0 fully saturated rings. The van der Waals surface area contributed by atoms with Gasteiger partial charge in [-0.2, -0.15) is 0 Å².